The largest absolute Gasteiger partial charge is 0.481 e. The first-order valence-electron chi connectivity index (χ1n) is 29.3. The molecule has 10 amide bonds. The maximum atomic E-state index is 14.4. The molecule has 35 heteroatoms. The molecule has 1 aliphatic heterocycles. The number of amides is 10. The van der Waals surface area contributed by atoms with Crippen molar-refractivity contribution in [3.8, 4) is 0 Å². The van der Waals surface area contributed by atoms with Crippen molar-refractivity contribution < 1.29 is 97.8 Å². The Morgan fingerprint density at radius 2 is 1.09 bits per heavy atom. The standard InChI is InChI=1S/C56H88N14O20S/c1-28(2)25-38(55(89)90)67-47(81)33(13-9-22-60-56(58)59)64-53(87)44(30(4)72)69-49(83)35(21-24-91-5)63-50(84)37(26-31-11-7-6-8-12-31)66-51(85)39(27-71)68-52(86)40-14-10-23-70(40)54(88)36(17-20-43(77)78)65-48(82)34(16-19-42(75)76)62-45(79)29(3)61-46(80)32(57)15-18-41(73)74/h6-8,11-12,28-30,32-40,44,71-72H,9-10,13-27,57H2,1-5H3,(H,61,80)(H,62,79)(H,63,84)(H,64,87)(H,65,82)(H,66,85)(H,67,81)(H,68,86)(H,69,83)(H,73,74)(H,75,76)(H,77,78)(H,89,90)(H4,58,59,60). The van der Waals surface area contributed by atoms with Gasteiger partial charge in [0.1, 0.15) is 60.4 Å². The second-order valence-electron chi connectivity index (χ2n) is 22.0. The van der Waals surface area contributed by atoms with E-state index in [1.807, 2.05) is 0 Å². The summed E-state index contributed by atoms with van der Waals surface area (Å²) in [7, 11) is 0. The van der Waals surface area contributed by atoms with E-state index < -0.39 is 194 Å². The predicted molar refractivity (Wildman–Crippen MR) is 325 cm³/mol. The molecule has 21 N–H and O–H groups in total. The fraction of sp³-hybridized carbons (Fsp3) is 0.625. The molecule has 2 rings (SSSR count). The molecule has 34 nitrogen and oxygen atoms in total. The Hall–Kier alpha value is -8.70. The van der Waals surface area contributed by atoms with Gasteiger partial charge in [0.15, 0.2) is 5.96 Å². The highest BCUT2D eigenvalue weighted by atomic mass is 32.2. The molecule has 0 radical (unpaired) electrons. The van der Waals surface area contributed by atoms with E-state index in [4.69, 9.17) is 22.3 Å². The zero-order valence-corrected chi connectivity index (χ0v) is 52.2. The highest BCUT2D eigenvalue weighted by molar-refractivity contribution is 7.98. The van der Waals surface area contributed by atoms with E-state index in [2.05, 4.69) is 52.8 Å². The number of aliphatic hydroxyl groups excluding tert-OH is 2. The Balaban J connectivity index is 2.41. The first kappa shape index (κ1) is 78.4. The van der Waals surface area contributed by atoms with Gasteiger partial charge in [0.25, 0.3) is 0 Å². The number of thioether (sulfide) groups is 1. The van der Waals surface area contributed by atoms with Crippen molar-refractivity contribution in [1.82, 2.24) is 52.8 Å². The molecule has 0 saturated carbocycles. The van der Waals surface area contributed by atoms with E-state index in [0.717, 1.165) is 4.90 Å². The van der Waals surface area contributed by atoms with E-state index >= 15 is 0 Å². The zero-order valence-electron chi connectivity index (χ0n) is 51.3. The minimum atomic E-state index is -1.83. The van der Waals surface area contributed by atoms with Gasteiger partial charge in [0, 0.05) is 38.8 Å². The number of carbonyl (C=O) groups is 14. The number of aliphatic imine (C=N–C) groups is 1. The van der Waals surface area contributed by atoms with Crippen molar-refractivity contribution >= 4 is 101 Å². The number of rotatable bonds is 42. The van der Waals surface area contributed by atoms with E-state index in [1.165, 1.54) is 25.6 Å². The van der Waals surface area contributed by atoms with Gasteiger partial charge in [-0.25, -0.2) is 4.79 Å². The second-order valence-corrected chi connectivity index (χ2v) is 23.0. The number of benzene rings is 1. The minimum Gasteiger partial charge on any atom is -0.481 e. The van der Waals surface area contributed by atoms with Crippen molar-refractivity contribution in [1.29, 1.82) is 0 Å². The molecule has 1 aromatic carbocycles. The van der Waals surface area contributed by atoms with Crippen LogP contribution in [0.5, 0.6) is 0 Å². The molecule has 12 unspecified atom stereocenters. The highest BCUT2D eigenvalue weighted by Crippen LogP contribution is 2.21. The minimum absolute atomic E-state index is 0.0112. The van der Waals surface area contributed by atoms with Gasteiger partial charge in [-0.2, -0.15) is 11.8 Å². The van der Waals surface area contributed by atoms with Crippen molar-refractivity contribution in [2.24, 2.45) is 28.1 Å². The third-order valence-corrected chi connectivity index (χ3v) is 14.7. The summed E-state index contributed by atoms with van der Waals surface area (Å²) < 4.78 is 0. The lowest BCUT2D eigenvalue weighted by molar-refractivity contribution is -0.144. The average molecular weight is 1310 g/mol. The molecule has 1 saturated heterocycles. The Morgan fingerprint density at radius 1 is 0.593 bits per heavy atom. The maximum absolute atomic E-state index is 14.4. The van der Waals surface area contributed by atoms with Crippen LogP contribution < -0.4 is 65.1 Å². The molecule has 12 atom stereocenters. The van der Waals surface area contributed by atoms with Crippen LogP contribution in [0.15, 0.2) is 35.3 Å². The highest BCUT2D eigenvalue weighted by Gasteiger charge is 2.41. The molecule has 1 aliphatic rings. The topological polar surface area (TPSA) is 562 Å². The Labute approximate surface area is 528 Å². The summed E-state index contributed by atoms with van der Waals surface area (Å²) >= 11 is 1.27. The predicted octanol–water partition coefficient (Wildman–Crippen LogP) is -5.16. The molecule has 0 aromatic heterocycles. The number of nitrogens with one attached hydrogen (secondary N) is 9. The van der Waals surface area contributed by atoms with Crippen molar-refractivity contribution in [3.63, 3.8) is 0 Å². The van der Waals surface area contributed by atoms with Gasteiger partial charge in [0.05, 0.1) is 18.8 Å². The summed E-state index contributed by atoms with van der Waals surface area (Å²) in [4.78, 5) is 189. The fourth-order valence-corrected chi connectivity index (χ4v) is 9.63. The summed E-state index contributed by atoms with van der Waals surface area (Å²) in [6.45, 7) is 4.60. The van der Waals surface area contributed by atoms with Crippen molar-refractivity contribution in [3.05, 3.63) is 35.9 Å². The zero-order chi connectivity index (χ0) is 68.7. The normalized spacial score (nSPS) is 16.4. The molecule has 1 aromatic rings. The van der Waals surface area contributed by atoms with Crippen LogP contribution in [0.25, 0.3) is 0 Å². The van der Waals surface area contributed by atoms with Crippen LogP contribution in [0.4, 0.5) is 0 Å². The van der Waals surface area contributed by atoms with Crippen molar-refractivity contribution in [2.75, 3.05) is 31.7 Å². The van der Waals surface area contributed by atoms with Gasteiger partial charge in [-0.15, -0.1) is 0 Å². The average Bonchev–Trinajstić information content (AvgIpc) is 2.01. The Morgan fingerprint density at radius 3 is 1.64 bits per heavy atom. The van der Waals surface area contributed by atoms with E-state index in [0.29, 0.717) is 5.56 Å². The van der Waals surface area contributed by atoms with Gasteiger partial charge in [0.2, 0.25) is 59.1 Å². The lowest BCUT2D eigenvalue weighted by Gasteiger charge is -2.31. The molecular weight excluding hydrogens is 1220 g/mol. The van der Waals surface area contributed by atoms with Crippen LogP contribution in [0.3, 0.4) is 0 Å². The summed E-state index contributed by atoms with van der Waals surface area (Å²) in [5.41, 5.74) is 17.1. The number of nitrogens with zero attached hydrogens (tertiary/aromatic N) is 2. The summed E-state index contributed by atoms with van der Waals surface area (Å²) in [5.74, 6) is -15.8. The maximum Gasteiger partial charge on any atom is 0.326 e. The monoisotopic (exact) mass is 1310 g/mol. The van der Waals surface area contributed by atoms with Gasteiger partial charge < -0.3 is 101 Å². The van der Waals surface area contributed by atoms with E-state index in [1.54, 1.807) is 50.4 Å². The lowest BCUT2D eigenvalue weighted by atomic mass is 10.0. The second kappa shape index (κ2) is 40.1. The van der Waals surface area contributed by atoms with E-state index in [9.17, 15) is 92.7 Å². The fourth-order valence-electron chi connectivity index (χ4n) is 9.16. The molecular formula is C56H88N14O20S. The molecule has 91 heavy (non-hydrogen) atoms. The summed E-state index contributed by atoms with van der Waals surface area (Å²) in [6, 6.07) is -8.86. The van der Waals surface area contributed by atoms with Crippen LogP contribution in [0.2, 0.25) is 0 Å². The number of aliphatic hydroxyl groups is 2. The van der Waals surface area contributed by atoms with E-state index in [-0.39, 0.29) is 82.1 Å². The quantitative estimate of drug-likeness (QED) is 0.0165. The van der Waals surface area contributed by atoms with Crippen LogP contribution in [0, 0.1) is 5.92 Å². The number of likely N-dealkylation sites (tertiary alicyclic amines) is 1. The number of carboxylic acid groups (broad SMARTS) is 4. The Bertz CT molecular complexity index is 2720. The first-order chi connectivity index (χ1) is 42.8. The Kier molecular flexibility index (Phi) is 34.6. The van der Waals surface area contributed by atoms with Gasteiger partial charge in [-0.05, 0) is 95.1 Å². The number of carboxylic acids is 4. The molecule has 0 bridgehead atoms. The molecule has 1 fully saturated rings. The summed E-state index contributed by atoms with van der Waals surface area (Å²) in [6.07, 6.45) is -3.51. The summed E-state index contributed by atoms with van der Waals surface area (Å²) in [5, 5.41) is 80.7. The van der Waals surface area contributed by atoms with Crippen molar-refractivity contribution in [2.45, 2.75) is 184 Å². The smallest absolute Gasteiger partial charge is 0.326 e. The van der Waals surface area contributed by atoms with Crippen LogP contribution >= 0.6 is 11.8 Å². The SMILES string of the molecule is CSCCC(NC(=O)C(Cc1ccccc1)NC(=O)C(CO)NC(=O)C1CCCN1C(=O)C(CCC(=O)O)NC(=O)C(CCC(=O)O)NC(=O)C(C)NC(=O)C(N)CCC(=O)O)C(=O)NC(C(=O)NC(CCCN=C(N)N)C(=O)NC(CC(C)C)C(=O)O)C(C)O. The number of nitrogens with two attached hydrogens (primary N) is 3. The number of guanidine groups is 1. The van der Waals surface area contributed by atoms with Crippen LogP contribution in [-0.4, -0.2) is 229 Å². The van der Waals surface area contributed by atoms with Crippen LogP contribution in [0.1, 0.15) is 110 Å². The van der Waals surface area contributed by atoms with Gasteiger partial charge >= 0.3 is 23.9 Å². The number of hydrogen-bond acceptors (Lipinski definition) is 19. The molecule has 0 spiro atoms. The first-order valence-corrected chi connectivity index (χ1v) is 30.7. The lowest BCUT2D eigenvalue weighted by Crippen LogP contribution is -2.62. The van der Waals surface area contributed by atoms with Gasteiger partial charge in [-0.1, -0.05) is 44.2 Å². The molecule has 508 valence electrons. The number of hydrogen-bond donors (Lipinski definition) is 18. The third-order valence-electron chi connectivity index (χ3n) is 14.1. The number of aliphatic carboxylic acids is 4. The van der Waals surface area contributed by atoms with Crippen LogP contribution in [-0.2, 0) is 73.5 Å². The third kappa shape index (κ3) is 28.8. The number of carbonyl (C=O) groups excluding carboxylic acids is 10. The van der Waals surface area contributed by atoms with Gasteiger partial charge in [-0.3, -0.25) is 67.3 Å². The molecule has 0 aliphatic carbocycles. The molecule has 1 heterocycles.